The molecule has 168 valence electrons. The zero-order chi connectivity index (χ0) is 22.6. The number of carbonyl (C=O) groups is 1. The lowest BCUT2D eigenvalue weighted by Gasteiger charge is -2.26. The van der Waals surface area contributed by atoms with Crippen LogP contribution in [0.2, 0.25) is 0 Å². The van der Waals surface area contributed by atoms with Crippen LogP contribution in [-0.4, -0.2) is 58.1 Å². The summed E-state index contributed by atoms with van der Waals surface area (Å²) in [6, 6.07) is 4.60. The molecule has 2 saturated heterocycles. The van der Waals surface area contributed by atoms with E-state index in [1.165, 1.54) is 24.8 Å². The Kier molecular flexibility index (Phi) is 4.73. The molecule has 9 nitrogen and oxygen atoms in total. The summed E-state index contributed by atoms with van der Waals surface area (Å²) in [5.41, 5.74) is 0.149. The fourth-order valence-electron chi connectivity index (χ4n) is 4.23. The average Bonchev–Trinajstić information content (AvgIpc) is 3.46. The van der Waals surface area contributed by atoms with Crippen molar-refractivity contribution in [2.45, 2.75) is 38.3 Å². The van der Waals surface area contributed by atoms with Crippen molar-refractivity contribution < 1.29 is 23.0 Å². The minimum Gasteiger partial charge on any atom is -0.497 e. The summed E-state index contributed by atoms with van der Waals surface area (Å²) < 4.78 is 40.7. The molecule has 5 rings (SSSR count). The number of aromatic nitrogens is 4. The van der Waals surface area contributed by atoms with Gasteiger partial charge in [-0.05, 0) is 6.42 Å². The maximum absolute atomic E-state index is 14.1. The molecule has 0 radical (unpaired) electrons. The van der Waals surface area contributed by atoms with Crippen LogP contribution in [-0.2, 0) is 15.5 Å². The van der Waals surface area contributed by atoms with E-state index in [4.69, 9.17) is 14.6 Å². The number of alkyl halides is 2. The molecular formula is C21H22F2N6O3. The molecule has 11 heteroatoms. The third-order valence-corrected chi connectivity index (χ3v) is 5.71. The monoisotopic (exact) mass is 444 g/mol. The summed E-state index contributed by atoms with van der Waals surface area (Å²) in [4.78, 5) is 22.2. The molecule has 3 aromatic heterocycles. The number of nitrogens with zero attached hydrogens (tertiary/aromatic N) is 5. The van der Waals surface area contributed by atoms with Crippen molar-refractivity contribution in [2.75, 3.05) is 30.5 Å². The van der Waals surface area contributed by atoms with Gasteiger partial charge < -0.3 is 19.7 Å². The molecule has 2 fully saturated rings. The largest absolute Gasteiger partial charge is 0.497 e. The van der Waals surface area contributed by atoms with E-state index in [0.29, 0.717) is 30.3 Å². The summed E-state index contributed by atoms with van der Waals surface area (Å²) in [5, 5.41) is 8.12. The molecule has 1 amide bonds. The Hall–Kier alpha value is -3.34. The number of carbonyl (C=O) groups excluding carboxylic acids is 1. The molecule has 2 aliphatic rings. The fraction of sp³-hybridized carbons (Fsp3) is 0.429. The highest BCUT2D eigenvalue weighted by molar-refractivity contribution is 5.95. The Balaban J connectivity index is 1.70. The third kappa shape index (κ3) is 3.52. The predicted molar refractivity (Wildman–Crippen MR) is 113 cm³/mol. The maximum Gasteiger partial charge on any atom is 0.287 e. The van der Waals surface area contributed by atoms with Crippen LogP contribution in [0.5, 0.6) is 5.75 Å². The molecule has 0 aromatic carbocycles. The number of pyridine rings is 2. The van der Waals surface area contributed by atoms with Crippen molar-refractivity contribution in [1.82, 2.24) is 19.7 Å². The highest BCUT2D eigenvalue weighted by atomic mass is 19.3. The average molecular weight is 444 g/mol. The van der Waals surface area contributed by atoms with E-state index < -0.39 is 11.6 Å². The molecule has 2 bridgehead atoms. The van der Waals surface area contributed by atoms with Crippen molar-refractivity contribution in [3.8, 4) is 11.6 Å². The third-order valence-electron chi connectivity index (χ3n) is 5.71. The molecule has 2 atom stereocenters. The van der Waals surface area contributed by atoms with E-state index in [-0.39, 0.29) is 29.6 Å². The fourth-order valence-corrected chi connectivity index (χ4v) is 4.23. The number of hydrogen-bond acceptors (Lipinski definition) is 7. The Morgan fingerprint density at radius 3 is 2.78 bits per heavy atom. The van der Waals surface area contributed by atoms with E-state index >= 15 is 0 Å². The smallest absolute Gasteiger partial charge is 0.287 e. The van der Waals surface area contributed by atoms with Crippen LogP contribution in [0.4, 0.5) is 20.4 Å². The van der Waals surface area contributed by atoms with Crippen LogP contribution in [0.15, 0.2) is 24.4 Å². The van der Waals surface area contributed by atoms with Gasteiger partial charge in [-0.25, -0.2) is 14.6 Å². The Bertz CT molecular complexity index is 1210. The summed E-state index contributed by atoms with van der Waals surface area (Å²) in [7, 11) is 1.41. The number of nitrogens with one attached hydrogen (secondary N) is 1. The van der Waals surface area contributed by atoms with Crippen molar-refractivity contribution in [2.24, 2.45) is 0 Å². The Morgan fingerprint density at radius 2 is 2.16 bits per heavy atom. The van der Waals surface area contributed by atoms with Crippen LogP contribution in [0.25, 0.3) is 16.7 Å². The van der Waals surface area contributed by atoms with Gasteiger partial charge in [-0.1, -0.05) is 0 Å². The zero-order valence-corrected chi connectivity index (χ0v) is 17.8. The highest BCUT2D eigenvalue weighted by Crippen LogP contribution is 2.37. The number of methoxy groups -OCH3 is 1. The standard InChI is InChI=1S/C21H22F2N6O3/c1-11(30)25-18-7-16-15(8-24-18)20(28-9-14-4-12(28)10-32-14)27-29(16)19-6-13(31-3)5-17(26-19)21(2,22)23/h5-8,12,14H,4,9-10H2,1-3H3,(H,24,25,30). The number of amides is 1. The second kappa shape index (κ2) is 7.37. The summed E-state index contributed by atoms with van der Waals surface area (Å²) in [5.74, 6) is -2.02. The molecule has 0 saturated carbocycles. The number of anilines is 2. The second-order valence-electron chi connectivity index (χ2n) is 8.14. The van der Waals surface area contributed by atoms with Gasteiger partial charge in [-0.2, -0.15) is 8.78 Å². The van der Waals surface area contributed by atoms with Crippen molar-refractivity contribution in [3.05, 3.63) is 30.1 Å². The van der Waals surface area contributed by atoms with Gasteiger partial charge in [-0.3, -0.25) is 4.79 Å². The van der Waals surface area contributed by atoms with E-state index in [1.54, 1.807) is 18.3 Å². The molecule has 1 N–H and O–H groups in total. The van der Waals surface area contributed by atoms with Gasteiger partial charge >= 0.3 is 0 Å². The molecule has 2 aliphatic heterocycles. The van der Waals surface area contributed by atoms with Gasteiger partial charge in [0.1, 0.15) is 17.3 Å². The number of rotatable bonds is 5. The molecule has 32 heavy (non-hydrogen) atoms. The van der Waals surface area contributed by atoms with Crippen LogP contribution < -0.4 is 15.0 Å². The van der Waals surface area contributed by atoms with Gasteiger partial charge in [0.05, 0.1) is 36.8 Å². The van der Waals surface area contributed by atoms with Crippen LogP contribution in [0.1, 0.15) is 26.0 Å². The number of morpholine rings is 1. The van der Waals surface area contributed by atoms with Crippen molar-refractivity contribution in [1.29, 1.82) is 0 Å². The minimum atomic E-state index is -3.16. The summed E-state index contributed by atoms with van der Waals surface area (Å²) in [6.07, 6.45) is 2.68. The first-order valence-electron chi connectivity index (χ1n) is 10.2. The van der Waals surface area contributed by atoms with E-state index in [0.717, 1.165) is 18.7 Å². The lowest BCUT2D eigenvalue weighted by atomic mass is 10.2. The molecule has 0 spiro atoms. The molecule has 3 aromatic rings. The van der Waals surface area contributed by atoms with Gasteiger partial charge in [-0.15, -0.1) is 5.10 Å². The molecule has 5 heterocycles. The van der Waals surface area contributed by atoms with Crippen LogP contribution in [0, 0.1) is 0 Å². The Morgan fingerprint density at radius 1 is 1.34 bits per heavy atom. The first kappa shape index (κ1) is 20.6. The first-order chi connectivity index (χ1) is 15.2. The summed E-state index contributed by atoms with van der Waals surface area (Å²) in [6.45, 7) is 3.47. The number of halogens is 2. The maximum atomic E-state index is 14.1. The molecule has 0 aliphatic carbocycles. The van der Waals surface area contributed by atoms with Gasteiger partial charge in [0.15, 0.2) is 11.6 Å². The number of hydrogen-bond donors (Lipinski definition) is 1. The van der Waals surface area contributed by atoms with E-state index in [1.807, 2.05) is 0 Å². The quantitative estimate of drug-likeness (QED) is 0.647. The van der Waals surface area contributed by atoms with Crippen LogP contribution >= 0.6 is 0 Å². The Labute approximate surface area is 182 Å². The number of fused-ring (bicyclic) bond motifs is 3. The normalized spacial score (nSPS) is 20.2. The summed E-state index contributed by atoms with van der Waals surface area (Å²) >= 11 is 0. The lowest BCUT2D eigenvalue weighted by molar-refractivity contribution is -0.114. The topological polar surface area (TPSA) is 94.4 Å². The second-order valence-corrected chi connectivity index (χ2v) is 8.14. The van der Waals surface area contributed by atoms with Gasteiger partial charge in [0, 0.05) is 44.8 Å². The van der Waals surface area contributed by atoms with Gasteiger partial charge in [0.2, 0.25) is 5.91 Å². The highest BCUT2D eigenvalue weighted by Gasteiger charge is 2.41. The van der Waals surface area contributed by atoms with E-state index in [2.05, 4.69) is 20.2 Å². The zero-order valence-electron chi connectivity index (χ0n) is 17.8. The van der Waals surface area contributed by atoms with E-state index in [9.17, 15) is 13.6 Å². The SMILES string of the molecule is COc1cc(-n2nc(N3CC4CC3CO4)c3cnc(NC(C)=O)cc32)nc(C(C)(F)F)c1. The molecule has 2 unspecified atom stereocenters. The first-order valence-corrected chi connectivity index (χ1v) is 10.2. The van der Waals surface area contributed by atoms with Crippen molar-refractivity contribution >= 4 is 28.4 Å². The van der Waals surface area contributed by atoms with Crippen LogP contribution in [0.3, 0.4) is 0 Å². The predicted octanol–water partition coefficient (Wildman–Crippen LogP) is 2.87. The molecular weight excluding hydrogens is 422 g/mol. The van der Waals surface area contributed by atoms with Gasteiger partial charge in [0.25, 0.3) is 5.92 Å². The minimum absolute atomic E-state index is 0.146. The van der Waals surface area contributed by atoms with Crippen molar-refractivity contribution in [3.63, 3.8) is 0 Å². The number of ether oxygens (including phenoxy) is 2. The lowest BCUT2D eigenvalue weighted by Crippen LogP contribution is -2.37.